The van der Waals surface area contributed by atoms with Gasteiger partial charge in [-0.25, -0.2) is 0 Å². The lowest BCUT2D eigenvalue weighted by molar-refractivity contribution is -0.139. The minimum atomic E-state index is 0.0124. The fourth-order valence-corrected chi connectivity index (χ4v) is 3.89. The number of aromatic nitrogens is 2. The summed E-state index contributed by atoms with van der Waals surface area (Å²) < 4.78 is 11.1. The summed E-state index contributed by atoms with van der Waals surface area (Å²) in [5.41, 5.74) is 0.947. The second-order valence-electron chi connectivity index (χ2n) is 7.33. The summed E-state index contributed by atoms with van der Waals surface area (Å²) in [7, 11) is 0. The first-order valence-corrected chi connectivity index (χ1v) is 9.67. The maximum atomic E-state index is 12.7. The Kier molecular flexibility index (Phi) is 5.22. The minimum Gasteiger partial charge on any atom is -0.378 e. The van der Waals surface area contributed by atoms with E-state index in [0.29, 0.717) is 18.3 Å². The molecule has 0 bridgehead atoms. The largest absolute Gasteiger partial charge is 0.378 e. The number of rotatable bonds is 4. The summed E-state index contributed by atoms with van der Waals surface area (Å²) in [6.07, 6.45) is 0.866. The van der Waals surface area contributed by atoms with Crippen molar-refractivity contribution in [2.45, 2.75) is 32.4 Å². The van der Waals surface area contributed by atoms with Crippen molar-refractivity contribution in [1.29, 1.82) is 0 Å². The number of piperazine rings is 1. The Balaban J connectivity index is 1.35. The lowest BCUT2D eigenvalue weighted by Crippen LogP contribution is -2.51. The molecule has 1 aromatic heterocycles. The molecule has 4 rings (SSSR count). The fraction of sp³-hybridized carbons (Fsp3) is 0.550. The second-order valence-corrected chi connectivity index (χ2v) is 7.33. The van der Waals surface area contributed by atoms with Crippen LogP contribution >= 0.6 is 0 Å². The third kappa shape index (κ3) is 3.75. The smallest absolute Gasteiger partial charge is 0.244 e. The van der Waals surface area contributed by atoms with E-state index in [1.165, 1.54) is 0 Å². The van der Waals surface area contributed by atoms with Crippen LogP contribution in [0.3, 0.4) is 0 Å². The summed E-state index contributed by atoms with van der Waals surface area (Å²) in [6.45, 7) is 7.82. The number of carbonyl (C=O) groups is 1. The van der Waals surface area contributed by atoms with Crippen molar-refractivity contribution < 1.29 is 14.1 Å². The molecule has 2 aliphatic heterocycles. The zero-order valence-corrected chi connectivity index (χ0v) is 15.9. The number of nitrogens with zero attached hydrogens (tertiary/aromatic N) is 4. The van der Waals surface area contributed by atoms with Crippen molar-refractivity contribution in [3.63, 3.8) is 0 Å². The molecule has 7 heteroatoms. The van der Waals surface area contributed by atoms with E-state index in [-0.39, 0.29) is 24.0 Å². The summed E-state index contributed by atoms with van der Waals surface area (Å²) in [4.78, 5) is 21.5. The van der Waals surface area contributed by atoms with Gasteiger partial charge in [0.15, 0.2) is 0 Å². The monoisotopic (exact) mass is 370 g/mol. The summed E-state index contributed by atoms with van der Waals surface area (Å²) in [6, 6.07) is 9.85. The molecule has 0 aliphatic carbocycles. The average Bonchev–Trinajstić information content (AvgIpc) is 3.37. The van der Waals surface area contributed by atoms with Crippen molar-refractivity contribution in [3.05, 3.63) is 36.2 Å². The van der Waals surface area contributed by atoms with Gasteiger partial charge in [-0.15, -0.1) is 0 Å². The van der Waals surface area contributed by atoms with Crippen LogP contribution in [0.1, 0.15) is 32.2 Å². The molecule has 3 unspecified atom stereocenters. The molecule has 0 spiro atoms. The van der Waals surface area contributed by atoms with Gasteiger partial charge in [0.2, 0.25) is 17.6 Å². The van der Waals surface area contributed by atoms with Crippen molar-refractivity contribution in [1.82, 2.24) is 19.9 Å². The van der Waals surface area contributed by atoms with Gasteiger partial charge in [-0.1, -0.05) is 35.5 Å². The van der Waals surface area contributed by atoms with Crippen LogP contribution in [-0.4, -0.2) is 64.7 Å². The Bertz CT molecular complexity index is 771. The van der Waals surface area contributed by atoms with Gasteiger partial charge in [0.05, 0.1) is 18.1 Å². The highest BCUT2D eigenvalue weighted by atomic mass is 16.5. The Morgan fingerprint density at radius 1 is 1.19 bits per heavy atom. The van der Waals surface area contributed by atoms with E-state index in [1.54, 1.807) is 0 Å². The van der Waals surface area contributed by atoms with Gasteiger partial charge in [0.1, 0.15) is 0 Å². The molecule has 1 aromatic carbocycles. The van der Waals surface area contributed by atoms with E-state index in [4.69, 9.17) is 9.26 Å². The number of hydrogen-bond acceptors (Lipinski definition) is 6. The number of amides is 1. The van der Waals surface area contributed by atoms with Gasteiger partial charge in [0, 0.05) is 38.3 Å². The molecule has 7 nitrogen and oxygen atoms in total. The van der Waals surface area contributed by atoms with Gasteiger partial charge in [-0.05, 0) is 20.3 Å². The highest BCUT2D eigenvalue weighted by Gasteiger charge is 2.36. The van der Waals surface area contributed by atoms with Crippen LogP contribution in [0.15, 0.2) is 34.9 Å². The van der Waals surface area contributed by atoms with Gasteiger partial charge >= 0.3 is 0 Å². The van der Waals surface area contributed by atoms with Crippen LogP contribution in [0.25, 0.3) is 11.4 Å². The number of ether oxygens (including phenoxy) is 1. The predicted molar refractivity (Wildman–Crippen MR) is 99.8 cm³/mol. The van der Waals surface area contributed by atoms with E-state index in [2.05, 4.69) is 22.0 Å². The van der Waals surface area contributed by atoms with Crippen LogP contribution < -0.4 is 0 Å². The van der Waals surface area contributed by atoms with Crippen molar-refractivity contribution in [3.8, 4) is 11.4 Å². The first-order valence-electron chi connectivity index (χ1n) is 9.67. The van der Waals surface area contributed by atoms with E-state index < -0.39 is 0 Å². The zero-order chi connectivity index (χ0) is 18.8. The van der Waals surface area contributed by atoms with E-state index in [9.17, 15) is 4.79 Å². The van der Waals surface area contributed by atoms with Gasteiger partial charge in [0.25, 0.3) is 0 Å². The molecule has 2 saturated heterocycles. The fourth-order valence-electron chi connectivity index (χ4n) is 3.89. The van der Waals surface area contributed by atoms with Crippen molar-refractivity contribution in [2.75, 3.05) is 32.8 Å². The molecule has 0 N–H and O–H groups in total. The second kappa shape index (κ2) is 7.78. The Morgan fingerprint density at radius 3 is 2.59 bits per heavy atom. The average molecular weight is 370 g/mol. The summed E-state index contributed by atoms with van der Waals surface area (Å²) in [5.74, 6) is 1.47. The quantitative estimate of drug-likeness (QED) is 0.823. The van der Waals surface area contributed by atoms with Crippen LogP contribution in [0, 0.1) is 5.92 Å². The third-order valence-electron chi connectivity index (χ3n) is 5.70. The number of benzene rings is 1. The highest BCUT2D eigenvalue weighted by molar-refractivity contribution is 5.79. The molecular weight excluding hydrogens is 344 g/mol. The Hall–Kier alpha value is -2.25. The molecular formula is C20H26N4O3. The summed E-state index contributed by atoms with van der Waals surface area (Å²) in [5, 5.41) is 4.11. The Labute approximate surface area is 159 Å². The standard InChI is InChI=1S/C20H26N4O3/c1-14(19-21-18(22-27-19)16-6-4-3-5-7-16)23-9-11-24(12-10-23)20(25)17-8-13-26-15(17)2/h3-7,14-15,17H,8-13H2,1-2H3. The molecule has 2 fully saturated rings. The molecule has 0 saturated carbocycles. The van der Waals surface area contributed by atoms with Crippen LogP contribution in [0.2, 0.25) is 0 Å². The lowest BCUT2D eigenvalue weighted by atomic mass is 10.0. The molecule has 27 heavy (non-hydrogen) atoms. The zero-order valence-electron chi connectivity index (χ0n) is 15.9. The molecule has 144 valence electrons. The third-order valence-corrected chi connectivity index (χ3v) is 5.70. The lowest BCUT2D eigenvalue weighted by Gasteiger charge is -2.38. The highest BCUT2D eigenvalue weighted by Crippen LogP contribution is 2.26. The van der Waals surface area contributed by atoms with E-state index in [0.717, 1.165) is 38.2 Å². The SMILES string of the molecule is CC1OCCC1C(=O)N1CCN(C(C)c2nc(-c3ccccc3)no2)CC1. The summed E-state index contributed by atoms with van der Waals surface area (Å²) >= 11 is 0. The van der Waals surface area contributed by atoms with Crippen LogP contribution in [0.4, 0.5) is 0 Å². The number of hydrogen-bond donors (Lipinski definition) is 0. The van der Waals surface area contributed by atoms with E-state index in [1.807, 2.05) is 42.2 Å². The minimum absolute atomic E-state index is 0.0124. The molecule has 0 radical (unpaired) electrons. The maximum Gasteiger partial charge on any atom is 0.244 e. The topological polar surface area (TPSA) is 71.7 Å². The van der Waals surface area contributed by atoms with Crippen molar-refractivity contribution >= 4 is 5.91 Å². The van der Waals surface area contributed by atoms with Crippen LogP contribution in [-0.2, 0) is 9.53 Å². The van der Waals surface area contributed by atoms with Gasteiger partial charge < -0.3 is 14.2 Å². The maximum absolute atomic E-state index is 12.7. The molecule has 1 amide bonds. The Morgan fingerprint density at radius 2 is 1.93 bits per heavy atom. The van der Waals surface area contributed by atoms with Crippen LogP contribution in [0.5, 0.6) is 0 Å². The number of carbonyl (C=O) groups excluding carboxylic acids is 1. The predicted octanol–water partition coefficient (Wildman–Crippen LogP) is 2.37. The molecule has 3 heterocycles. The molecule has 2 aliphatic rings. The first-order chi connectivity index (χ1) is 13.1. The van der Waals surface area contributed by atoms with E-state index >= 15 is 0 Å². The molecule has 3 atom stereocenters. The normalized spacial score (nSPS) is 24.9. The first kappa shape index (κ1) is 18.1. The van der Waals surface area contributed by atoms with Gasteiger partial charge in [-0.3, -0.25) is 9.69 Å². The van der Waals surface area contributed by atoms with Gasteiger partial charge in [-0.2, -0.15) is 4.98 Å². The van der Waals surface area contributed by atoms with Crippen molar-refractivity contribution in [2.24, 2.45) is 5.92 Å². The molecule has 2 aromatic rings.